The lowest BCUT2D eigenvalue weighted by Gasteiger charge is -2.40. The maximum atomic E-state index is 15.6. The predicted molar refractivity (Wildman–Crippen MR) is 145 cm³/mol. The van der Waals surface area contributed by atoms with Crippen molar-refractivity contribution in [3.8, 4) is 5.75 Å². The number of hydrogen-bond donors (Lipinski definition) is 0. The molecule has 4 aliphatic rings. The first-order chi connectivity index (χ1) is 19.9. The molecule has 2 aliphatic carbocycles. The Balaban J connectivity index is 1.28. The number of fused-ring (bicyclic) bond motifs is 3. The lowest BCUT2D eigenvalue weighted by Crippen LogP contribution is -2.46. The van der Waals surface area contributed by atoms with Gasteiger partial charge in [-0.2, -0.15) is 0 Å². The van der Waals surface area contributed by atoms with Crippen LogP contribution in [-0.4, -0.2) is 30.0 Å². The first kappa shape index (κ1) is 27.6. The third-order valence-electron chi connectivity index (χ3n) is 9.57. The summed E-state index contributed by atoms with van der Waals surface area (Å²) in [6.07, 6.45) is 8.05. The highest BCUT2D eigenvalue weighted by atomic mass is 19.1. The number of esters is 4. The van der Waals surface area contributed by atoms with E-state index in [1.54, 1.807) is 30.3 Å². The van der Waals surface area contributed by atoms with Crippen molar-refractivity contribution in [2.75, 3.05) is 0 Å². The quantitative estimate of drug-likeness (QED) is 0.218. The minimum absolute atomic E-state index is 0.0695. The van der Waals surface area contributed by atoms with E-state index in [-0.39, 0.29) is 18.1 Å². The van der Waals surface area contributed by atoms with Crippen LogP contribution in [0.15, 0.2) is 42.5 Å². The Bertz CT molecular complexity index is 1360. The highest BCUT2D eigenvalue weighted by molar-refractivity contribution is 6.01. The molecule has 5 atom stereocenters. The smallest absolute Gasteiger partial charge is 0.322 e. The van der Waals surface area contributed by atoms with E-state index in [2.05, 4.69) is 6.92 Å². The van der Waals surface area contributed by atoms with E-state index in [0.717, 1.165) is 37.2 Å². The standard InChI is InChI=1S/C33H35FO7/c1-2-3-4-7-18-10-12-19(13-11-18)20-14-15-25(24(34)16-20)39-30-27(23-17-26(35)40-31(23)36)21-8-5-6-9-22(21)28-29(30)33(38)41-32(28)37/h5-6,8-9,14-16,18-19,23,27-30H,2-4,7,10-13,17H2,1H3. The van der Waals surface area contributed by atoms with Gasteiger partial charge in [-0.3, -0.25) is 19.2 Å². The van der Waals surface area contributed by atoms with E-state index in [1.807, 2.05) is 6.07 Å². The number of carbonyl (C=O) groups is 4. The third kappa shape index (κ3) is 5.17. The second kappa shape index (κ2) is 11.4. The Labute approximate surface area is 238 Å². The summed E-state index contributed by atoms with van der Waals surface area (Å²) in [4.78, 5) is 50.6. The fraction of sp³-hybridized carbons (Fsp3) is 0.515. The molecule has 2 heterocycles. The summed E-state index contributed by atoms with van der Waals surface area (Å²) in [6.45, 7) is 2.22. The van der Waals surface area contributed by atoms with Crippen LogP contribution in [0.5, 0.6) is 5.75 Å². The minimum Gasteiger partial charge on any atom is -0.486 e. The molecule has 41 heavy (non-hydrogen) atoms. The molecule has 0 N–H and O–H groups in total. The van der Waals surface area contributed by atoms with Crippen molar-refractivity contribution in [3.05, 3.63) is 65.0 Å². The Morgan fingerprint density at radius 2 is 1.61 bits per heavy atom. The Morgan fingerprint density at radius 1 is 0.854 bits per heavy atom. The molecule has 0 spiro atoms. The van der Waals surface area contributed by atoms with Gasteiger partial charge in [0.2, 0.25) is 0 Å². The highest BCUT2D eigenvalue weighted by Crippen LogP contribution is 2.52. The van der Waals surface area contributed by atoms with E-state index in [9.17, 15) is 19.2 Å². The minimum atomic E-state index is -1.11. The molecule has 0 bridgehead atoms. The molecule has 3 fully saturated rings. The first-order valence-electron chi connectivity index (χ1n) is 14.9. The zero-order chi connectivity index (χ0) is 28.7. The number of halogens is 1. The van der Waals surface area contributed by atoms with Crippen LogP contribution in [0.3, 0.4) is 0 Å². The van der Waals surface area contributed by atoms with Gasteiger partial charge in [-0.25, -0.2) is 4.39 Å². The van der Waals surface area contributed by atoms with Crippen LogP contribution >= 0.6 is 0 Å². The fourth-order valence-corrected chi connectivity index (χ4v) is 7.49. The number of cyclic esters (lactones) is 4. The molecule has 1 saturated carbocycles. The Kier molecular flexibility index (Phi) is 7.66. The van der Waals surface area contributed by atoms with E-state index in [1.165, 1.54) is 31.7 Å². The lowest BCUT2D eigenvalue weighted by atomic mass is 9.65. The molecule has 2 aliphatic heterocycles. The van der Waals surface area contributed by atoms with Crippen molar-refractivity contribution in [2.45, 2.75) is 88.6 Å². The summed E-state index contributed by atoms with van der Waals surface area (Å²) in [5, 5.41) is 0. The number of rotatable bonds is 8. The number of benzene rings is 2. The van der Waals surface area contributed by atoms with Crippen molar-refractivity contribution in [3.63, 3.8) is 0 Å². The molecule has 0 radical (unpaired) electrons. The molecule has 8 heteroatoms. The molecular weight excluding hydrogens is 527 g/mol. The van der Waals surface area contributed by atoms with Gasteiger partial charge in [-0.15, -0.1) is 0 Å². The molecule has 7 nitrogen and oxygen atoms in total. The zero-order valence-electron chi connectivity index (χ0n) is 23.2. The fourth-order valence-electron chi connectivity index (χ4n) is 7.49. The Morgan fingerprint density at radius 3 is 2.29 bits per heavy atom. The molecular formula is C33H35FO7. The van der Waals surface area contributed by atoms with E-state index < -0.39 is 59.5 Å². The summed E-state index contributed by atoms with van der Waals surface area (Å²) < 4.78 is 31.8. The molecule has 216 valence electrons. The molecule has 6 rings (SSSR count). The van der Waals surface area contributed by atoms with Crippen LogP contribution in [0.4, 0.5) is 4.39 Å². The second-order valence-electron chi connectivity index (χ2n) is 12.0. The first-order valence-corrected chi connectivity index (χ1v) is 14.9. The van der Waals surface area contributed by atoms with Crippen molar-refractivity contribution in [1.82, 2.24) is 0 Å². The van der Waals surface area contributed by atoms with Crippen molar-refractivity contribution in [2.24, 2.45) is 17.8 Å². The second-order valence-corrected chi connectivity index (χ2v) is 12.0. The molecule has 2 aromatic rings. The van der Waals surface area contributed by atoms with Crippen LogP contribution in [-0.2, 0) is 28.7 Å². The summed E-state index contributed by atoms with van der Waals surface area (Å²) in [5.41, 5.74) is 2.06. The average Bonchev–Trinajstić information content (AvgIpc) is 3.46. The molecule has 2 saturated heterocycles. The summed E-state index contributed by atoms with van der Waals surface area (Å²) in [6, 6.07) is 11.9. The number of ether oxygens (including phenoxy) is 3. The van der Waals surface area contributed by atoms with Gasteiger partial charge in [-0.1, -0.05) is 62.9 Å². The van der Waals surface area contributed by atoms with Crippen LogP contribution in [0.1, 0.15) is 99.2 Å². The monoisotopic (exact) mass is 562 g/mol. The van der Waals surface area contributed by atoms with Gasteiger partial charge in [0.15, 0.2) is 11.6 Å². The summed E-state index contributed by atoms with van der Waals surface area (Å²) >= 11 is 0. The Hall–Kier alpha value is -3.55. The molecule has 2 aromatic carbocycles. The molecule has 5 unspecified atom stereocenters. The van der Waals surface area contributed by atoms with Gasteiger partial charge in [0, 0.05) is 5.92 Å². The van der Waals surface area contributed by atoms with Gasteiger partial charge >= 0.3 is 23.9 Å². The number of unbranched alkanes of at least 4 members (excludes halogenated alkanes) is 2. The van der Waals surface area contributed by atoms with Gasteiger partial charge in [0.05, 0.1) is 18.3 Å². The van der Waals surface area contributed by atoms with Crippen LogP contribution in [0.25, 0.3) is 0 Å². The van der Waals surface area contributed by atoms with Gasteiger partial charge in [-0.05, 0) is 66.3 Å². The highest BCUT2D eigenvalue weighted by Gasteiger charge is 2.60. The maximum Gasteiger partial charge on any atom is 0.322 e. The third-order valence-corrected chi connectivity index (χ3v) is 9.57. The van der Waals surface area contributed by atoms with E-state index in [4.69, 9.17) is 14.2 Å². The normalized spacial score (nSPS) is 30.9. The van der Waals surface area contributed by atoms with Gasteiger partial charge in [0.25, 0.3) is 0 Å². The molecule has 0 amide bonds. The number of hydrogen-bond acceptors (Lipinski definition) is 7. The van der Waals surface area contributed by atoms with Crippen LogP contribution < -0.4 is 4.74 Å². The molecule has 0 aromatic heterocycles. The van der Waals surface area contributed by atoms with Crippen LogP contribution in [0.2, 0.25) is 0 Å². The zero-order valence-corrected chi connectivity index (χ0v) is 23.2. The van der Waals surface area contributed by atoms with Crippen molar-refractivity contribution >= 4 is 23.9 Å². The summed E-state index contributed by atoms with van der Waals surface area (Å²) in [7, 11) is 0. The topological polar surface area (TPSA) is 96.0 Å². The average molecular weight is 563 g/mol. The summed E-state index contributed by atoms with van der Waals surface area (Å²) in [5.74, 6) is -6.27. The SMILES string of the molecule is CCCCCC1CCC(c2ccc(OC3C4C(=O)OC(=O)C4c4ccccc4C3C3CC(=O)OC3=O)c(F)c2)CC1. The lowest BCUT2D eigenvalue weighted by molar-refractivity contribution is -0.156. The largest absolute Gasteiger partial charge is 0.486 e. The van der Waals surface area contributed by atoms with Gasteiger partial charge < -0.3 is 14.2 Å². The number of carbonyl (C=O) groups excluding carboxylic acids is 4. The van der Waals surface area contributed by atoms with Crippen molar-refractivity contribution in [1.29, 1.82) is 0 Å². The maximum absolute atomic E-state index is 15.6. The van der Waals surface area contributed by atoms with E-state index >= 15 is 4.39 Å². The van der Waals surface area contributed by atoms with Gasteiger partial charge in [0.1, 0.15) is 12.0 Å². The van der Waals surface area contributed by atoms with Crippen LogP contribution in [0, 0.1) is 23.6 Å². The van der Waals surface area contributed by atoms with E-state index in [0.29, 0.717) is 11.1 Å². The predicted octanol–water partition coefficient (Wildman–Crippen LogP) is 6.10. The van der Waals surface area contributed by atoms with Crippen molar-refractivity contribution < 1.29 is 37.8 Å².